The lowest BCUT2D eigenvalue weighted by Gasteiger charge is -2.39. The van der Waals surface area contributed by atoms with Crippen LogP contribution in [-0.2, 0) is 4.79 Å². The van der Waals surface area contributed by atoms with Gasteiger partial charge in [-0.05, 0) is 51.0 Å². The summed E-state index contributed by atoms with van der Waals surface area (Å²) in [6.07, 6.45) is 12.6. The van der Waals surface area contributed by atoms with Gasteiger partial charge >= 0.3 is 0 Å². The van der Waals surface area contributed by atoms with E-state index in [-0.39, 0.29) is 5.41 Å². The van der Waals surface area contributed by atoms with E-state index in [1.165, 1.54) is 44.9 Å². The van der Waals surface area contributed by atoms with Crippen molar-refractivity contribution in [2.24, 2.45) is 11.3 Å². The van der Waals surface area contributed by atoms with E-state index in [1.54, 1.807) is 0 Å². The first-order valence-corrected chi connectivity index (χ1v) is 9.29. The van der Waals surface area contributed by atoms with Crippen LogP contribution in [-0.4, -0.2) is 36.5 Å². The second-order valence-electron chi connectivity index (χ2n) is 7.56. The van der Waals surface area contributed by atoms with Gasteiger partial charge in [-0.2, -0.15) is 0 Å². The number of rotatable bonds is 4. The molecule has 1 amide bonds. The molecule has 1 saturated carbocycles. The van der Waals surface area contributed by atoms with E-state index in [1.807, 2.05) is 0 Å². The summed E-state index contributed by atoms with van der Waals surface area (Å²) >= 11 is 0. The van der Waals surface area contributed by atoms with E-state index >= 15 is 0 Å². The highest BCUT2D eigenvalue weighted by atomic mass is 16.2. The summed E-state index contributed by atoms with van der Waals surface area (Å²) < 4.78 is 0. The van der Waals surface area contributed by atoms with Crippen molar-refractivity contribution >= 4 is 5.91 Å². The van der Waals surface area contributed by atoms with Crippen molar-refractivity contribution < 1.29 is 4.79 Å². The summed E-state index contributed by atoms with van der Waals surface area (Å²) in [5.41, 5.74) is -0.0774. The number of carbonyl (C=O) groups excluding carboxylic acids is 1. The van der Waals surface area contributed by atoms with Gasteiger partial charge in [0.2, 0.25) is 5.91 Å². The summed E-state index contributed by atoms with van der Waals surface area (Å²) in [7, 11) is 0. The highest BCUT2D eigenvalue weighted by Crippen LogP contribution is 2.39. The maximum atomic E-state index is 13.3. The number of hydrogen-bond donors (Lipinski definition) is 1. The third-order valence-electron chi connectivity index (χ3n) is 6.18. The number of hydrogen-bond acceptors (Lipinski definition) is 2. The number of amides is 1. The first-order chi connectivity index (χ1) is 10.3. The Kier molecular flexibility index (Phi) is 4.88. The summed E-state index contributed by atoms with van der Waals surface area (Å²) in [6.45, 7) is 5.17. The minimum atomic E-state index is -0.0774. The normalized spacial score (nSPS) is 34.5. The molecule has 1 aliphatic carbocycles. The molecule has 0 radical (unpaired) electrons. The number of nitrogens with one attached hydrogen (secondary N) is 1. The lowest BCUT2D eigenvalue weighted by atomic mass is 9.79. The molecule has 0 aromatic heterocycles. The first kappa shape index (κ1) is 15.3. The fraction of sp³-hybridized carbons (Fsp3) is 0.944. The van der Waals surface area contributed by atoms with Crippen molar-refractivity contribution in [2.75, 3.05) is 19.6 Å². The van der Waals surface area contributed by atoms with Crippen LogP contribution in [0.4, 0.5) is 0 Å². The van der Waals surface area contributed by atoms with Gasteiger partial charge in [0.05, 0.1) is 5.41 Å². The van der Waals surface area contributed by atoms with Gasteiger partial charge in [0.1, 0.15) is 0 Å². The van der Waals surface area contributed by atoms with Crippen LogP contribution in [0.3, 0.4) is 0 Å². The monoisotopic (exact) mass is 292 g/mol. The molecule has 21 heavy (non-hydrogen) atoms. The second kappa shape index (κ2) is 6.68. The summed E-state index contributed by atoms with van der Waals surface area (Å²) in [4.78, 5) is 15.6. The number of carbonyl (C=O) groups is 1. The largest absolute Gasteiger partial charge is 0.339 e. The molecular formula is C18H32N2O. The van der Waals surface area contributed by atoms with Gasteiger partial charge in [0.25, 0.3) is 0 Å². The van der Waals surface area contributed by atoms with Crippen LogP contribution in [0.5, 0.6) is 0 Å². The molecule has 3 aliphatic rings. The van der Waals surface area contributed by atoms with Gasteiger partial charge < -0.3 is 10.2 Å². The molecule has 1 N–H and O–H groups in total. The van der Waals surface area contributed by atoms with Gasteiger partial charge in [-0.3, -0.25) is 4.79 Å². The Balaban J connectivity index is 1.72. The Hall–Kier alpha value is -0.570. The molecule has 0 spiro atoms. The Morgan fingerprint density at radius 2 is 2.00 bits per heavy atom. The molecule has 2 heterocycles. The molecule has 0 aromatic carbocycles. The van der Waals surface area contributed by atoms with E-state index in [0.29, 0.717) is 11.9 Å². The fourth-order valence-electron chi connectivity index (χ4n) is 5.08. The van der Waals surface area contributed by atoms with Gasteiger partial charge in [-0.15, -0.1) is 0 Å². The lowest BCUT2D eigenvalue weighted by Crippen LogP contribution is -2.49. The molecule has 3 fully saturated rings. The minimum absolute atomic E-state index is 0.0774. The fourth-order valence-corrected chi connectivity index (χ4v) is 5.08. The average Bonchev–Trinajstić information content (AvgIpc) is 3.17. The standard InChI is InChI=1S/C18H32N2O/c1-2-10-18(11-12-19-14-18)17(21)20-13-6-9-16(20)15-7-4-3-5-8-15/h15-16,19H,2-14H2,1H3. The zero-order chi connectivity index (χ0) is 14.7. The lowest BCUT2D eigenvalue weighted by molar-refractivity contribution is -0.143. The molecular weight excluding hydrogens is 260 g/mol. The zero-order valence-corrected chi connectivity index (χ0v) is 13.7. The molecule has 120 valence electrons. The van der Waals surface area contributed by atoms with Crippen LogP contribution in [0, 0.1) is 11.3 Å². The van der Waals surface area contributed by atoms with Gasteiger partial charge in [-0.1, -0.05) is 32.6 Å². The van der Waals surface area contributed by atoms with Crippen molar-refractivity contribution in [3.8, 4) is 0 Å². The molecule has 2 aliphatic heterocycles. The van der Waals surface area contributed by atoms with Crippen LogP contribution < -0.4 is 5.32 Å². The average molecular weight is 292 g/mol. The maximum Gasteiger partial charge on any atom is 0.230 e. The van der Waals surface area contributed by atoms with Crippen LogP contribution in [0.15, 0.2) is 0 Å². The van der Waals surface area contributed by atoms with Crippen LogP contribution in [0.2, 0.25) is 0 Å². The van der Waals surface area contributed by atoms with Gasteiger partial charge in [-0.25, -0.2) is 0 Å². The van der Waals surface area contributed by atoms with E-state index in [4.69, 9.17) is 0 Å². The van der Waals surface area contributed by atoms with Gasteiger partial charge in [0, 0.05) is 19.1 Å². The molecule has 3 rings (SSSR count). The van der Waals surface area contributed by atoms with Crippen molar-refractivity contribution in [3.05, 3.63) is 0 Å². The predicted molar refractivity (Wildman–Crippen MR) is 86.1 cm³/mol. The van der Waals surface area contributed by atoms with E-state index in [0.717, 1.165) is 44.8 Å². The molecule has 3 heteroatoms. The summed E-state index contributed by atoms with van der Waals surface area (Å²) in [6, 6.07) is 0.562. The highest BCUT2D eigenvalue weighted by Gasteiger charge is 2.46. The zero-order valence-electron chi connectivity index (χ0n) is 13.7. The quantitative estimate of drug-likeness (QED) is 0.862. The number of nitrogens with zero attached hydrogens (tertiary/aromatic N) is 1. The second-order valence-corrected chi connectivity index (χ2v) is 7.56. The Morgan fingerprint density at radius 3 is 2.67 bits per heavy atom. The van der Waals surface area contributed by atoms with Crippen molar-refractivity contribution in [1.29, 1.82) is 0 Å². The molecule has 0 bridgehead atoms. The first-order valence-electron chi connectivity index (χ1n) is 9.29. The molecule has 2 saturated heterocycles. The molecule has 2 atom stereocenters. The SMILES string of the molecule is CCCC1(C(=O)N2CCCC2C2CCCCC2)CCNC1. The topological polar surface area (TPSA) is 32.3 Å². The predicted octanol–water partition coefficient (Wildman–Crippen LogP) is 3.34. The Morgan fingerprint density at radius 1 is 1.19 bits per heavy atom. The third kappa shape index (κ3) is 2.99. The Labute approximate surface area is 129 Å². The van der Waals surface area contributed by atoms with Crippen LogP contribution in [0.1, 0.15) is 71.1 Å². The molecule has 2 unspecified atom stereocenters. The molecule has 3 nitrogen and oxygen atoms in total. The highest BCUT2D eigenvalue weighted by molar-refractivity contribution is 5.84. The minimum Gasteiger partial charge on any atom is -0.339 e. The van der Waals surface area contributed by atoms with Crippen LogP contribution >= 0.6 is 0 Å². The van der Waals surface area contributed by atoms with E-state index in [9.17, 15) is 4.79 Å². The van der Waals surface area contributed by atoms with Crippen LogP contribution in [0.25, 0.3) is 0 Å². The van der Waals surface area contributed by atoms with Crippen molar-refractivity contribution in [2.45, 2.75) is 77.2 Å². The third-order valence-corrected chi connectivity index (χ3v) is 6.18. The Bertz CT molecular complexity index is 356. The number of likely N-dealkylation sites (tertiary alicyclic amines) is 1. The van der Waals surface area contributed by atoms with Crippen molar-refractivity contribution in [1.82, 2.24) is 10.2 Å². The molecule has 0 aromatic rings. The summed E-state index contributed by atoms with van der Waals surface area (Å²) in [5.74, 6) is 1.28. The maximum absolute atomic E-state index is 13.3. The van der Waals surface area contributed by atoms with Crippen molar-refractivity contribution in [3.63, 3.8) is 0 Å². The smallest absolute Gasteiger partial charge is 0.230 e. The summed E-state index contributed by atoms with van der Waals surface area (Å²) in [5, 5.41) is 3.45. The van der Waals surface area contributed by atoms with E-state index < -0.39 is 0 Å². The van der Waals surface area contributed by atoms with E-state index in [2.05, 4.69) is 17.1 Å². The van der Waals surface area contributed by atoms with Gasteiger partial charge in [0.15, 0.2) is 0 Å².